The Bertz CT molecular complexity index is 332. The van der Waals surface area contributed by atoms with E-state index in [0.29, 0.717) is 0 Å². The molecule has 1 atom stereocenters. The molecule has 16 heavy (non-hydrogen) atoms. The van der Waals surface area contributed by atoms with Gasteiger partial charge in [0.25, 0.3) is 0 Å². The maximum Gasteiger partial charge on any atom is 0.468 e. The highest BCUT2D eigenvalue weighted by molar-refractivity contribution is 8.31. The number of halogens is 4. The van der Waals surface area contributed by atoms with Crippen molar-refractivity contribution < 1.29 is 22.2 Å². The van der Waals surface area contributed by atoms with E-state index < -0.39 is 28.5 Å². The van der Waals surface area contributed by atoms with Crippen molar-refractivity contribution in [3.8, 4) is 0 Å². The normalized spacial score (nSPS) is 17.6. The molecule has 0 fully saturated rings. The molecule has 2 nitrogen and oxygen atoms in total. The molecule has 1 rings (SSSR count). The summed E-state index contributed by atoms with van der Waals surface area (Å²) in [4.78, 5) is 0. The van der Waals surface area contributed by atoms with Crippen LogP contribution >= 0.6 is 10.6 Å². The zero-order chi connectivity index (χ0) is 12.2. The number of alkyl halides is 3. The summed E-state index contributed by atoms with van der Waals surface area (Å²) in [7, 11) is -4.56. The summed E-state index contributed by atoms with van der Waals surface area (Å²) in [5, 5.41) is 8.48. The number of aliphatic hydroxyl groups is 1. The Balaban J connectivity index is 2.88. The molecule has 1 aromatic carbocycles. The van der Waals surface area contributed by atoms with Gasteiger partial charge in [-0.3, -0.25) is 0 Å². The van der Waals surface area contributed by atoms with Crippen LogP contribution in [0.25, 0.3) is 0 Å². The van der Waals surface area contributed by atoms with Gasteiger partial charge in [0.1, 0.15) is 0 Å². The van der Waals surface area contributed by atoms with Crippen LogP contribution in [0.3, 0.4) is 0 Å². The monoisotopic (exact) mass is 257 g/mol. The Morgan fingerprint density at radius 2 is 1.75 bits per heavy atom. The molecule has 1 unspecified atom stereocenters. The van der Waals surface area contributed by atoms with Crippen LogP contribution in [-0.2, 0) is 0 Å². The largest absolute Gasteiger partial charge is 0.468 e. The summed E-state index contributed by atoms with van der Waals surface area (Å²) in [5.41, 5.74) is -4.95. The highest BCUT2D eigenvalue weighted by Gasteiger charge is 2.51. The molecule has 0 saturated heterocycles. The molecule has 7 heteroatoms. The fourth-order valence-electron chi connectivity index (χ4n) is 1.04. The molecule has 0 aliphatic carbocycles. The zero-order valence-corrected chi connectivity index (χ0v) is 8.98. The molecule has 0 amide bonds. The smallest absolute Gasteiger partial charge is 0.395 e. The van der Waals surface area contributed by atoms with Crippen molar-refractivity contribution in [1.29, 1.82) is 0 Å². The molecular weight excluding hydrogens is 246 g/mol. The van der Waals surface area contributed by atoms with Gasteiger partial charge in [0.05, 0.1) is 23.0 Å². The van der Waals surface area contributed by atoms with E-state index in [1.54, 1.807) is 6.07 Å². The van der Waals surface area contributed by atoms with Crippen LogP contribution in [0.4, 0.5) is 22.7 Å². The zero-order valence-electron chi connectivity index (χ0n) is 8.17. The van der Waals surface area contributed by atoms with Crippen LogP contribution < -0.4 is 4.72 Å². The number of para-hydroxylation sites is 1. The Morgan fingerprint density at radius 1 is 1.19 bits per heavy atom. The first kappa shape index (κ1) is 13.1. The van der Waals surface area contributed by atoms with Gasteiger partial charge in [0.2, 0.25) is 0 Å². The lowest BCUT2D eigenvalue weighted by atomic mass is 10.3. The van der Waals surface area contributed by atoms with Gasteiger partial charge in [-0.1, -0.05) is 18.2 Å². The lowest BCUT2D eigenvalue weighted by Gasteiger charge is -2.33. The van der Waals surface area contributed by atoms with Crippen molar-refractivity contribution in [3.05, 3.63) is 30.3 Å². The highest BCUT2D eigenvalue weighted by atomic mass is 32.3. The van der Waals surface area contributed by atoms with Gasteiger partial charge in [-0.05, 0) is 12.1 Å². The average molecular weight is 257 g/mol. The van der Waals surface area contributed by atoms with E-state index in [9.17, 15) is 17.1 Å². The average Bonchev–Trinajstić information content (AvgIpc) is 2.17. The molecule has 0 aliphatic heterocycles. The second kappa shape index (κ2) is 4.92. The minimum absolute atomic E-state index is 0.0470. The first-order valence-corrected chi connectivity index (χ1v) is 6.10. The number of hydrogen-bond acceptors (Lipinski definition) is 2. The Morgan fingerprint density at radius 3 is 2.19 bits per heavy atom. The summed E-state index contributed by atoms with van der Waals surface area (Å²) in [6, 6.07) is 7.28. The van der Waals surface area contributed by atoms with Crippen LogP contribution in [0, 0.1) is 0 Å². The van der Waals surface area contributed by atoms with Crippen molar-refractivity contribution in [2.45, 2.75) is 5.51 Å². The van der Waals surface area contributed by atoms with Crippen LogP contribution in [0.2, 0.25) is 0 Å². The fourth-order valence-corrected chi connectivity index (χ4v) is 2.25. The Labute approximate surface area is 92.0 Å². The molecule has 0 saturated carbocycles. The first-order chi connectivity index (χ1) is 7.39. The molecule has 2 N–H and O–H groups in total. The van der Waals surface area contributed by atoms with E-state index >= 15 is 0 Å². The summed E-state index contributed by atoms with van der Waals surface area (Å²) in [6.45, 7) is -0.856. The molecule has 1 aromatic rings. The highest BCUT2D eigenvalue weighted by Crippen LogP contribution is 2.62. The van der Waals surface area contributed by atoms with Crippen molar-refractivity contribution in [3.63, 3.8) is 0 Å². The van der Waals surface area contributed by atoms with Crippen LogP contribution in [0.15, 0.2) is 30.3 Å². The third-order valence-electron chi connectivity index (χ3n) is 1.79. The first-order valence-electron chi connectivity index (χ1n) is 4.40. The van der Waals surface area contributed by atoms with Gasteiger partial charge in [0.15, 0.2) is 0 Å². The van der Waals surface area contributed by atoms with Gasteiger partial charge >= 0.3 is 5.51 Å². The van der Waals surface area contributed by atoms with Crippen molar-refractivity contribution in [2.24, 2.45) is 0 Å². The van der Waals surface area contributed by atoms with Crippen molar-refractivity contribution in [2.75, 3.05) is 17.1 Å². The fraction of sp³-hybridized carbons (Fsp3) is 0.333. The van der Waals surface area contributed by atoms with Crippen LogP contribution in [-0.4, -0.2) is 23.0 Å². The molecule has 92 valence electrons. The lowest BCUT2D eigenvalue weighted by Crippen LogP contribution is -2.27. The molecule has 0 radical (unpaired) electrons. The number of benzene rings is 1. The third-order valence-corrected chi connectivity index (χ3v) is 3.83. The summed E-state index contributed by atoms with van der Waals surface area (Å²) < 4.78 is 52.9. The van der Waals surface area contributed by atoms with Gasteiger partial charge in [0, 0.05) is 5.69 Å². The second-order valence-electron chi connectivity index (χ2n) is 3.00. The minimum atomic E-state index is -4.99. The third kappa shape index (κ3) is 3.02. The van der Waals surface area contributed by atoms with Gasteiger partial charge in [-0.15, -0.1) is 0 Å². The standard InChI is InChI=1S/C9H11F4NOS/c10-9(11,12)16(13,7-6-15)14-8-4-2-1-3-5-8/h1-5,14-15H,6-7H2. The Hall–Kier alpha value is -0.950. The topological polar surface area (TPSA) is 32.3 Å². The number of nitrogens with one attached hydrogen (secondary N) is 1. The minimum Gasteiger partial charge on any atom is -0.395 e. The maximum absolute atomic E-state index is 13.7. The summed E-state index contributed by atoms with van der Waals surface area (Å²) in [6.07, 6.45) is 0. The maximum atomic E-state index is 13.7. The predicted octanol–water partition coefficient (Wildman–Crippen LogP) is 3.21. The number of hydrogen-bond donors (Lipinski definition) is 2. The summed E-state index contributed by atoms with van der Waals surface area (Å²) >= 11 is 0. The summed E-state index contributed by atoms with van der Waals surface area (Å²) in [5.74, 6) is -0.967. The van der Waals surface area contributed by atoms with E-state index in [1.807, 2.05) is 4.72 Å². The van der Waals surface area contributed by atoms with E-state index in [-0.39, 0.29) is 5.69 Å². The van der Waals surface area contributed by atoms with Gasteiger partial charge < -0.3 is 9.83 Å². The number of aliphatic hydroxyl groups excluding tert-OH is 1. The van der Waals surface area contributed by atoms with Crippen molar-refractivity contribution >= 4 is 16.3 Å². The van der Waals surface area contributed by atoms with Gasteiger partial charge in [-0.25, -0.2) is 0 Å². The molecule has 0 aromatic heterocycles. The second-order valence-corrected chi connectivity index (χ2v) is 5.38. The quantitative estimate of drug-likeness (QED) is 0.812. The molecule has 0 aliphatic rings. The predicted molar refractivity (Wildman–Crippen MR) is 56.8 cm³/mol. The van der Waals surface area contributed by atoms with Crippen molar-refractivity contribution in [1.82, 2.24) is 0 Å². The van der Waals surface area contributed by atoms with E-state index in [4.69, 9.17) is 5.11 Å². The van der Waals surface area contributed by atoms with Gasteiger partial charge in [-0.2, -0.15) is 17.1 Å². The molecular formula is C9H11F4NOS. The van der Waals surface area contributed by atoms with Crippen LogP contribution in [0.1, 0.15) is 0 Å². The molecule has 0 bridgehead atoms. The molecule has 0 heterocycles. The Kier molecular flexibility index (Phi) is 4.03. The number of anilines is 1. The van der Waals surface area contributed by atoms with E-state index in [0.717, 1.165) is 0 Å². The van der Waals surface area contributed by atoms with E-state index in [1.165, 1.54) is 24.3 Å². The van der Waals surface area contributed by atoms with E-state index in [2.05, 4.69) is 0 Å². The van der Waals surface area contributed by atoms with Crippen LogP contribution in [0.5, 0.6) is 0 Å². The lowest BCUT2D eigenvalue weighted by molar-refractivity contribution is -0.0418. The molecule has 0 spiro atoms. The number of rotatable bonds is 4. The SMILES string of the molecule is OCCS(F)(Nc1ccccc1)C(F)(F)F.